The topological polar surface area (TPSA) is 76.6 Å². The van der Waals surface area contributed by atoms with Gasteiger partial charge in [-0.3, -0.25) is 4.79 Å². The molecule has 1 fully saturated rings. The molecule has 2 aliphatic rings. The highest BCUT2D eigenvalue weighted by molar-refractivity contribution is 5.98. The highest BCUT2D eigenvalue weighted by Crippen LogP contribution is 2.27. The van der Waals surface area contributed by atoms with Gasteiger partial charge >= 0.3 is 0 Å². The molecule has 0 spiro atoms. The first-order valence-corrected chi connectivity index (χ1v) is 8.84. The molecular weight excluding hydrogens is 332 g/mol. The van der Waals surface area contributed by atoms with Crippen LogP contribution in [0.25, 0.3) is 0 Å². The number of piperidine rings is 1. The second-order valence-electron chi connectivity index (χ2n) is 6.65. The van der Waals surface area contributed by atoms with Crippen LogP contribution in [0.2, 0.25) is 0 Å². The van der Waals surface area contributed by atoms with Crippen LogP contribution in [0.5, 0.6) is 11.6 Å². The maximum atomic E-state index is 11.8. The molecule has 0 bridgehead atoms. The van der Waals surface area contributed by atoms with Gasteiger partial charge in [0.25, 0.3) is 5.91 Å². The van der Waals surface area contributed by atoms with E-state index in [0.717, 1.165) is 48.8 Å². The smallest absolute Gasteiger partial charge is 0.253 e. The van der Waals surface area contributed by atoms with Gasteiger partial charge in [-0.05, 0) is 24.6 Å². The number of fused-ring (bicyclic) bond motifs is 1. The standard InChI is InChI=1S/C19H22N4O3/c1-12-9-15-16(11-21-19(15)24)22-18(12)23-7-5-13(6-8-23)26-14-3-4-17(25-2)20-10-14/h3-4,9-10,13H,5-8,11H2,1-2H3,(H,21,24). The number of hydrogen-bond acceptors (Lipinski definition) is 6. The number of ether oxygens (including phenoxy) is 2. The zero-order valence-electron chi connectivity index (χ0n) is 15.0. The van der Waals surface area contributed by atoms with Crippen molar-refractivity contribution in [2.24, 2.45) is 0 Å². The lowest BCUT2D eigenvalue weighted by atomic mass is 10.1. The minimum absolute atomic E-state index is 0.0256. The van der Waals surface area contributed by atoms with E-state index >= 15 is 0 Å². The van der Waals surface area contributed by atoms with Crippen molar-refractivity contribution < 1.29 is 14.3 Å². The molecule has 1 N–H and O–H groups in total. The van der Waals surface area contributed by atoms with E-state index in [4.69, 9.17) is 14.5 Å². The average Bonchev–Trinajstić information content (AvgIpc) is 3.02. The number of carbonyl (C=O) groups excluding carboxylic acids is 1. The van der Waals surface area contributed by atoms with E-state index in [-0.39, 0.29) is 12.0 Å². The molecule has 0 radical (unpaired) electrons. The molecule has 1 saturated heterocycles. The molecule has 0 saturated carbocycles. The molecule has 7 nitrogen and oxygen atoms in total. The maximum Gasteiger partial charge on any atom is 0.253 e. The molecule has 4 rings (SSSR count). The van der Waals surface area contributed by atoms with Gasteiger partial charge in [0.2, 0.25) is 5.88 Å². The van der Waals surface area contributed by atoms with Gasteiger partial charge in [0.15, 0.2) is 0 Å². The second kappa shape index (κ2) is 6.82. The number of carbonyl (C=O) groups is 1. The van der Waals surface area contributed by atoms with Crippen molar-refractivity contribution >= 4 is 11.7 Å². The van der Waals surface area contributed by atoms with Crippen LogP contribution in [0, 0.1) is 6.92 Å². The summed E-state index contributed by atoms with van der Waals surface area (Å²) in [5, 5.41) is 2.83. The van der Waals surface area contributed by atoms with Crippen LogP contribution in [-0.2, 0) is 6.54 Å². The normalized spacial score (nSPS) is 17.0. The van der Waals surface area contributed by atoms with Gasteiger partial charge in [-0.15, -0.1) is 0 Å². The number of aryl methyl sites for hydroxylation is 1. The fourth-order valence-electron chi connectivity index (χ4n) is 3.49. The first-order chi connectivity index (χ1) is 12.6. The molecular formula is C19H22N4O3. The Balaban J connectivity index is 1.40. The molecule has 2 aliphatic heterocycles. The lowest BCUT2D eigenvalue weighted by Gasteiger charge is -2.33. The van der Waals surface area contributed by atoms with Crippen molar-refractivity contribution in [3.63, 3.8) is 0 Å². The van der Waals surface area contributed by atoms with Crippen LogP contribution in [0.1, 0.15) is 34.5 Å². The molecule has 4 heterocycles. The average molecular weight is 354 g/mol. The first kappa shape index (κ1) is 16.6. The Kier molecular flexibility index (Phi) is 4.36. The molecule has 7 heteroatoms. The summed E-state index contributed by atoms with van der Waals surface area (Å²) < 4.78 is 11.1. The van der Waals surface area contributed by atoms with Gasteiger partial charge in [-0.2, -0.15) is 0 Å². The number of methoxy groups -OCH3 is 1. The Bertz CT molecular complexity index is 814. The Hall–Kier alpha value is -2.83. The second-order valence-corrected chi connectivity index (χ2v) is 6.65. The van der Waals surface area contributed by atoms with Gasteiger partial charge in [0.1, 0.15) is 17.7 Å². The molecule has 0 unspecified atom stereocenters. The Morgan fingerprint density at radius 3 is 2.77 bits per heavy atom. The number of hydrogen-bond donors (Lipinski definition) is 1. The number of aromatic nitrogens is 2. The van der Waals surface area contributed by atoms with Crippen molar-refractivity contribution in [3.05, 3.63) is 41.2 Å². The minimum Gasteiger partial charge on any atom is -0.489 e. The van der Waals surface area contributed by atoms with Gasteiger partial charge in [0.05, 0.1) is 31.1 Å². The van der Waals surface area contributed by atoms with Crippen molar-refractivity contribution in [3.8, 4) is 11.6 Å². The van der Waals surface area contributed by atoms with Gasteiger partial charge in [0, 0.05) is 32.0 Å². The quantitative estimate of drug-likeness (QED) is 0.906. The van der Waals surface area contributed by atoms with Crippen LogP contribution < -0.4 is 19.7 Å². The molecule has 1 amide bonds. The molecule has 0 aliphatic carbocycles. The summed E-state index contributed by atoms with van der Waals surface area (Å²) in [6.07, 6.45) is 3.70. The Morgan fingerprint density at radius 2 is 2.08 bits per heavy atom. The van der Waals surface area contributed by atoms with Crippen LogP contribution in [0.3, 0.4) is 0 Å². The number of nitrogens with zero attached hydrogens (tertiary/aromatic N) is 3. The van der Waals surface area contributed by atoms with Crippen LogP contribution in [-0.4, -0.2) is 42.2 Å². The molecule has 26 heavy (non-hydrogen) atoms. The Labute approximate surface area is 152 Å². The van der Waals surface area contributed by atoms with Crippen molar-refractivity contribution in [1.29, 1.82) is 0 Å². The minimum atomic E-state index is -0.0256. The summed E-state index contributed by atoms with van der Waals surface area (Å²) in [4.78, 5) is 23.0. The maximum absolute atomic E-state index is 11.8. The number of amides is 1. The van der Waals surface area contributed by atoms with Crippen molar-refractivity contribution in [1.82, 2.24) is 15.3 Å². The number of nitrogens with one attached hydrogen (secondary N) is 1. The highest BCUT2D eigenvalue weighted by atomic mass is 16.5. The lowest BCUT2D eigenvalue weighted by molar-refractivity contribution is 0.0965. The molecule has 136 valence electrons. The molecule has 2 aromatic rings. The summed E-state index contributed by atoms with van der Waals surface area (Å²) in [7, 11) is 1.60. The van der Waals surface area contributed by atoms with E-state index in [2.05, 4.69) is 15.2 Å². The third-order valence-electron chi connectivity index (χ3n) is 4.89. The lowest BCUT2D eigenvalue weighted by Crippen LogP contribution is -2.39. The number of pyridine rings is 2. The number of rotatable bonds is 4. The van der Waals surface area contributed by atoms with E-state index in [1.165, 1.54) is 0 Å². The fraction of sp³-hybridized carbons (Fsp3) is 0.421. The molecule has 2 aromatic heterocycles. The monoisotopic (exact) mass is 354 g/mol. The summed E-state index contributed by atoms with van der Waals surface area (Å²) in [6.45, 7) is 4.29. The largest absolute Gasteiger partial charge is 0.489 e. The van der Waals surface area contributed by atoms with E-state index in [1.807, 2.05) is 19.1 Å². The zero-order chi connectivity index (χ0) is 18.1. The van der Waals surface area contributed by atoms with Crippen LogP contribution >= 0.6 is 0 Å². The van der Waals surface area contributed by atoms with Crippen molar-refractivity contribution in [2.45, 2.75) is 32.4 Å². The van der Waals surface area contributed by atoms with Crippen LogP contribution in [0.15, 0.2) is 24.4 Å². The summed E-state index contributed by atoms with van der Waals surface area (Å²) in [5.74, 6) is 2.30. The summed E-state index contributed by atoms with van der Waals surface area (Å²) >= 11 is 0. The number of anilines is 1. The molecule has 0 atom stereocenters. The van der Waals surface area contributed by atoms with Gasteiger partial charge in [-0.25, -0.2) is 9.97 Å². The van der Waals surface area contributed by atoms with E-state index < -0.39 is 0 Å². The third kappa shape index (κ3) is 3.16. The van der Waals surface area contributed by atoms with Gasteiger partial charge < -0.3 is 19.7 Å². The highest BCUT2D eigenvalue weighted by Gasteiger charge is 2.26. The fourth-order valence-corrected chi connectivity index (χ4v) is 3.49. The van der Waals surface area contributed by atoms with Crippen molar-refractivity contribution in [2.75, 3.05) is 25.1 Å². The summed E-state index contributed by atoms with van der Waals surface area (Å²) in [5.41, 5.74) is 2.59. The SMILES string of the molecule is COc1ccc(OC2CCN(c3nc4c(cc3C)C(=O)NC4)CC2)cn1. The van der Waals surface area contributed by atoms with E-state index in [1.54, 1.807) is 19.4 Å². The third-order valence-corrected chi connectivity index (χ3v) is 4.89. The van der Waals surface area contributed by atoms with E-state index in [9.17, 15) is 4.79 Å². The predicted molar refractivity (Wildman–Crippen MR) is 96.8 cm³/mol. The predicted octanol–water partition coefficient (Wildman–Crippen LogP) is 2.08. The van der Waals surface area contributed by atoms with E-state index in [0.29, 0.717) is 18.0 Å². The van der Waals surface area contributed by atoms with Crippen LogP contribution in [0.4, 0.5) is 5.82 Å². The Morgan fingerprint density at radius 1 is 1.27 bits per heavy atom. The molecule has 0 aromatic carbocycles. The van der Waals surface area contributed by atoms with Gasteiger partial charge in [-0.1, -0.05) is 0 Å². The zero-order valence-corrected chi connectivity index (χ0v) is 15.0. The summed E-state index contributed by atoms with van der Waals surface area (Å²) in [6, 6.07) is 5.64. The first-order valence-electron chi connectivity index (χ1n) is 8.84.